The number of allylic oxidation sites excluding steroid dienone is 1. The molecule has 0 radical (unpaired) electrons. The normalized spacial score (nSPS) is 17.6. The van der Waals surface area contributed by atoms with E-state index in [-0.39, 0.29) is 11.5 Å². The Balaban J connectivity index is 2.31. The molecule has 1 unspecified atom stereocenters. The first kappa shape index (κ1) is 18.5. The van der Waals surface area contributed by atoms with Crippen molar-refractivity contribution in [2.24, 2.45) is 0 Å². The molecule has 126 valence electrons. The van der Waals surface area contributed by atoms with Gasteiger partial charge in [-0.15, -0.1) is 6.58 Å². The molecule has 2 nitrogen and oxygen atoms in total. The molecule has 1 atom stereocenters. The first-order chi connectivity index (χ1) is 10.9. The number of ketones is 1. The van der Waals surface area contributed by atoms with E-state index in [9.17, 15) is 4.79 Å². The van der Waals surface area contributed by atoms with Crippen molar-refractivity contribution in [1.82, 2.24) is 4.90 Å². The van der Waals surface area contributed by atoms with Crippen LogP contribution in [0.15, 0.2) is 30.9 Å². The topological polar surface area (TPSA) is 20.3 Å². The van der Waals surface area contributed by atoms with Gasteiger partial charge in [0.05, 0.1) is 16.1 Å². The van der Waals surface area contributed by atoms with Gasteiger partial charge in [-0.3, -0.25) is 9.69 Å². The van der Waals surface area contributed by atoms with Gasteiger partial charge < -0.3 is 0 Å². The lowest BCUT2D eigenvalue weighted by molar-refractivity contribution is -0.127. The Morgan fingerprint density at radius 1 is 1.35 bits per heavy atom. The van der Waals surface area contributed by atoms with Crippen molar-refractivity contribution in [1.29, 1.82) is 0 Å². The standard InChI is InChI=1S/C19H25Cl2NO/c1-4-5-6-8-17(23)18(22(2)3)19(11-7-12-19)14-9-10-15(20)16(21)13-14/h4,9-10,13,18H,1,5-8,11-12H2,2-3H3. The van der Waals surface area contributed by atoms with Crippen molar-refractivity contribution >= 4 is 29.0 Å². The van der Waals surface area contributed by atoms with E-state index in [2.05, 4.69) is 11.5 Å². The van der Waals surface area contributed by atoms with Gasteiger partial charge in [0.25, 0.3) is 0 Å². The molecule has 1 aliphatic carbocycles. The number of rotatable bonds is 8. The predicted octanol–water partition coefficient (Wildman–Crippen LogP) is 5.27. The molecule has 0 heterocycles. The van der Waals surface area contributed by atoms with Crippen LogP contribution in [0.4, 0.5) is 0 Å². The molecule has 1 fully saturated rings. The molecule has 2 rings (SSSR count). The molecule has 1 aromatic carbocycles. The smallest absolute Gasteiger partial charge is 0.150 e. The summed E-state index contributed by atoms with van der Waals surface area (Å²) in [6, 6.07) is 5.70. The van der Waals surface area contributed by atoms with Gasteiger partial charge in [-0.05, 0) is 57.5 Å². The molecular weight excluding hydrogens is 329 g/mol. The Morgan fingerprint density at radius 2 is 2.04 bits per heavy atom. The molecule has 0 saturated heterocycles. The number of nitrogens with zero attached hydrogens (tertiary/aromatic N) is 1. The molecular formula is C19H25Cl2NO. The van der Waals surface area contributed by atoms with E-state index in [1.54, 1.807) is 0 Å². The Hall–Kier alpha value is -0.830. The van der Waals surface area contributed by atoms with Crippen LogP contribution in [0.2, 0.25) is 10.0 Å². The third kappa shape index (κ3) is 3.81. The number of hydrogen-bond donors (Lipinski definition) is 0. The number of halogens is 2. The Morgan fingerprint density at radius 3 is 2.52 bits per heavy atom. The number of likely N-dealkylation sites (N-methyl/N-ethyl adjacent to an activating group) is 1. The van der Waals surface area contributed by atoms with Crippen LogP contribution in [-0.2, 0) is 10.2 Å². The molecule has 1 saturated carbocycles. The second-order valence-corrected chi connectivity index (χ2v) is 7.47. The Labute approximate surface area is 149 Å². The van der Waals surface area contributed by atoms with Gasteiger partial charge in [0, 0.05) is 11.8 Å². The van der Waals surface area contributed by atoms with E-state index in [0.717, 1.165) is 37.7 Å². The first-order valence-corrected chi connectivity index (χ1v) is 8.93. The van der Waals surface area contributed by atoms with Crippen LogP contribution >= 0.6 is 23.2 Å². The van der Waals surface area contributed by atoms with Crippen LogP contribution in [0.3, 0.4) is 0 Å². The van der Waals surface area contributed by atoms with Crippen molar-refractivity contribution in [3.05, 3.63) is 46.5 Å². The van der Waals surface area contributed by atoms with Crippen molar-refractivity contribution in [2.75, 3.05) is 14.1 Å². The van der Waals surface area contributed by atoms with Crippen molar-refractivity contribution < 1.29 is 4.79 Å². The molecule has 4 heteroatoms. The molecule has 0 bridgehead atoms. The minimum atomic E-state index is -0.136. The van der Waals surface area contributed by atoms with Gasteiger partial charge in [0.1, 0.15) is 0 Å². The van der Waals surface area contributed by atoms with E-state index < -0.39 is 0 Å². The lowest BCUT2D eigenvalue weighted by Crippen LogP contribution is -2.56. The van der Waals surface area contributed by atoms with Crippen molar-refractivity contribution in [2.45, 2.75) is 50.0 Å². The van der Waals surface area contributed by atoms with Gasteiger partial charge in [-0.2, -0.15) is 0 Å². The lowest BCUT2D eigenvalue weighted by atomic mass is 9.58. The fourth-order valence-electron chi connectivity index (χ4n) is 3.73. The lowest BCUT2D eigenvalue weighted by Gasteiger charge is -2.50. The van der Waals surface area contributed by atoms with Gasteiger partial charge in [-0.1, -0.05) is 41.8 Å². The van der Waals surface area contributed by atoms with Crippen LogP contribution in [0.1, 0.15) is 44.1 Å². The highest BCUT2D eigenvalue weighted by molar-refractivity contribution is 6.42. The Bertz CT molecular complexity index is 579. The highest BCUT2D eigenvalue weighted by Gasteiger charge is 2.49. The molecule has 0 spiro atoms. The second-order valence-electron chi connectivity index (χ2n) is 6.65. The monoisotopic (exact) mass is 353 g/mol. The van der Waals surface area contributed by atoms with E-state index in [1.165, 1.54) is 0 Å². The van der Waals surface area contributed by atoms with Gasteiger partial charge in [-0.25, -0.2) is 0 Å². The van der Waals surface area contributed by atoms with Crippen molar-refractivity contribution in [3.8, 4) is 0 Å². The first-order valence-electron chi connectivity index (χ1n) is 8.18. The quantitative estimate of drug-likeness (QED) is 0.468. The number of carbonyl (C=O) groups is 1. The molecule has 0 N–H and O–H groups in total. The van der Waals surface area contributed by atoms with E-state index in [0.29, 0.717) is 22.2 Å². The number of unbranched alkanes of at least 4 members (excludes halogenated alkanes) is 1. The SMILES string of the molecule is C=CCCCC(=O)C(N(C)C)C1(c2ccc(Cl)c(Cl)c2)CCC1. The van der Waals surface area contributed by atoms with Crippen LogP contribution in [-0.4, -0.2) is 30.8 Å². The maximum absolute atomic E-state index is 12.9. The number of Topliss-reactive ketones (excluding diaryl/α,β-unsaturated/α-hetero) is 1. The number of hydrogen-bond acceptors (Lipinski definition) is 2. The zero-order valence-corrected chi connectivity index (χ0v) is 15.5. The average Bonchev–Trinajstić information content (AvgIpc) is 2.45. The minimum Gasteiger partial charge on any atom is -0.299 e. The predicted molar refractivity (Wildman–Crippen MR) is 98.5 cm³/mol. The van der Waals surface area contributed by atoms with Gasteiger partial charge in [0.2, 0.25) is 0 Å². The summed E-state index contributed by atoms with van der Waals surface area (Å²) < 4.78 is 0. The summed E-state index contributed by atoms with van der Waals surface area (Å²) in [5, 5.41) is 1.12. The molecule has 0 aromatic heterocycles. The van der Waals surface area contributed by atoms with Crippen LogP contribution < -0.4 is 0 Å². The summed E-state index contributed by atoms with van der Waals surface area (Å²) in [5.74, 6) is 0.308. The molecule has 0 amide bonds. The maximum Gasteiger partial charge on any atom is 0.150 e. The fourth-order valence-corrected chi connectivity index (χ4v) is 4.03. The highest BCUT2D eigenvalue weighted by atomic mass is 35.5. The largest absolute Gasteiger partial charge is 0.299 e. The summed E-state index contributed by atoms with van der Waals surface area (Å²) in [7, 11) is 3.99. The van der Waals surface area contributed by atoms with Gasteiger partial charge >= 0.3 is 0 Å². The molecule has 0 aliphatic heterocycles. The number of carbonyl (C=O) groups excluding carboxylic acids is 1. The maximum atomic E-state index is 12.9. The average molecular weight is 354 g/mol. The summed E-state index contributed by atoms with van der Waals surface area (Å²) in [4.78, 5) is 15.0. The highest BCUT2D eigenvalue weighted by Crippen LogP contribution is 2.49. The third-order valence-electron chi connectivity index (χ3n) is 4.92. The summed E-state index contributed by atoms with van der Waals surface area (Å²) in [5.41, 5.74) is 0.997. The zero-order valence-electron chi connectivity index (χ0n) is 13.9. The molecule has 1 aromatic rings. The summed E-state index contributed by atoms with van der Waals surface area (Å²) in [6.07, 6.45) is 7.39. The fraction of sp³-hybridized carbons (Fsp3) is 0.526. The minimum absolute atomic E-state index is 0.113. The third-order valence-corrected chi connectivity index (χ3v) is 5.66. The van der Waals surface area contributed by atoms with Crippen LogP contribution in [0.5, 0.6) is 0 Å². The number of benzene rings is 1. The zero-order chi connectivity index (χ0) is 17.0. The van der Waals surface area contributed by atoms with Gasteiger partial charge in [0.15, 0.2) is 5.78 Å². The Kier molecular flexibility index (Phi) is 6.30. The summed E-state index contributed by atoms with van der Waals surface area (Å²) in [6.45, 7) is 3.73. The van der Waals surface area contributed by atoms with Crippen LogP contribution in [0, 0.1) is 0 Å². The van der Waals surface area contributed by atoms with Crippen LogP contribution in [0.25, 0.3) is 0 Å². The van der Waals surface area contributed by atoms with E-state index in [1.807, 2.05) is 38.4 Å². The second kappa shape index (κ2) is 7.83. The summed E-state index contributed by atoms with van der Waals surface area (Å²) >= 11 is 12.3. The van der Waals surface area contributed by atoms with E-state index in [4.69, 9.17) is 23.2 Å². The van der Waals surface area contributed by atoms with E-state index >= 15 is 0 Å². The molecule has 1 aliphatic rings. The molecule has 23 heavy (non-hydrogen) atoms. The van der Waals surface area contributed by atoms with Crippen molar-refractivity contribution in [3.63, 3.8) is 0 Å².